The van der Waals surface area contributed by atoms with Crippen LogP contribution in [-0.4, -0.2) is 5.97 Å². The largest absolute Gasteiger partial charge is 0.457 e. The van der Waals surface area contributed by atoms with Gasteiger partial charge in [-0.05, 0) is 18.2 Å². The molecule has 6 heteroatoms. The maximum atomic E-state index is 12.0. The van der Waals surface area contributed by atoms with Crippen molar-refractivity contribution in [2.45, 2.75) is 6.61 Å². The second-order valence-corrected chi connectivity index (χ2v) is 5.18. The maximum absolute atomic E-state index is 12.0. The lowest BCUT2D eigenvalue weighted by molar-refractivity contribution is 0.0474. The van der Waals surface area contributed by atoms with Crippen molar-refractivity contribution in [2.24, 2.45) is 0 Å². The van der Waals surface area contributed by atoms with Crippen molar-refractivity contribution < 1.29 is 9.53 Å². The van der Waals surface area contributed by atoms with Gasteiger partial charge in [0.2, 0.25) is 0 Å². The van der Waals surface area contributed by atoms with E-state index in [1.165, 1.54) is 0 Å². The van der Waals surface area contributed by atoms with E-state index in [-0.39, 0.29) is 17.9 Å². The SMILES string of the molecule is Nc1c(Cl)cccc1C(=O)OCc1cccc(Cl)c1Cl. The molecular formula is C14H10Cl3NO2. The van der Waals surface area contributed by atoms with Gasteiger partial charge in [0.15, 0.2) is 0 Å². The summed E-state index contributed by atoms with van der Waals surface area (Å²) in [5, 5.41) is 1.07. The number of halogens is 3. The minimum absolute atomic E-state index is 0.00415. The molecule has 0 radical (unpaired) electrons. The van der Waals surface area contributed by atoms with Crippen LogP contribution in [0.25, 0.3) is 0 Å². The first-order valence-corrected chi connectivity index (χ1v) is 6.78. The quantitative estimate of drug-likeness (QED) is 0.661. The molecule has 0 aromatic heterocycles. The summed E-state index contributed by atoms with van der Waals surface area (Å²) in [6.45, 7) is 0.00415. The summed E-state index contributed by atoms with van der Waals surface area (Å²) in [5.41, 5.74) is 6.75. The highest BCUT2D eigenvalue weighted by molar-refractivity contribution is 6.42. The molecule has 2 aromatic carbocycles. The molecule has 0 heterocycles. The summed E-state index contributed by atoms with van der Waals surface area (Å²) < 4.78 is 5.17. The first-order chi connectivity index (χ1) is 9.50. The third-order valence-corrected chi connectivity index (χ3v) is 3.85. The molecule has 0 unspecified atom stereocenters. The summed E-state index contributed by atoms with van der Waals surface area (Å²) in [6, 6.07) is 9.88. The van der Waals surface area contributed by atoms with Crippen LogP contribution in [0.1, 0.15) is 15.9 Å². The Kier molecular flexibility index (Phi) is 4.76. The molecule has 0 aliphatic heterocycles. The van der Waals surface area contributed by atoms with Gasteiger partial charge in [-0.3, -0.25) is 0 Å². The molecule has 2 N–H and O–H groups in total. The molecule has 104 valence electrons. The number of hydrogen-bond acceptors (Lipinski definition) is 3. The fourth-order valence-corrected chi connectivity index (χ4v) is 2.15. The minimum Gasteiger partial charge on any atom is -0.457 e. The molecule has 3 nitrogen and oxygen atoms in total. The van der Waals surface area contributed by atoms with Crippen LogP contribution in [0.4, 0.5) is 5.69 Å². The Balaban J connectivity index is 2.13. The van der Waals surface area contributed by atoms with E-state index < -0.39 is 5.97 Å². The summed E-state index contributed by atoms with van der Waals surface area (Å²) in [6.07, 6.45) is 0. The Morgan fingerprint density at radius 2 is 1.70 bits per heavy atom. The van der Waals surface area contributed by atoms with Gasteiger partial charge in [0.1, 0.15) is 6.61 Å². The standard InChI is InChI=1S/C14H10Cl3NO2/c15-10-5-1-3-8(12(10)17)7-20-14(19)9-4-2-6-11(16)13(9)18/h1-6H,7,18H2. The molecular weight excluding hydrogens is 321 g/mol. The molecule has 20 heavy (non-hydrogen) atoms. The maximum Gasteiger partial charge on any atom is 0.340 e. The zero-order chi connectivity index (χ0) is 14.7. The van der Waals surface area contributed by atoms with Crippen LogP contribution in [-0.2, 0) is 11.3 Å². The highest BCUT2D eigenvalue weighted by Crippen LogP contribution is 2.27. The van der Waals surface area contributed by atoms with Crippen LogP contribution >= 0.6 is 34.8 Å². The third kappa shape index (κ3) is 3.18. The van der Waals surface area contributed by atoms with Crippen LogP contribution < -0.4 is 5.73 Å². The van der Waals surface area contributed by atoms with E-state index >= 15 is 0 Å². The molecule has 2 aromatic rings. The number of para-hydroxylation sites is 1. The van der Waals surface area contributed by atoms with E-state index in [4.69, 9.17) is 45.3 Å². The van der Waals surface area contributed by atoms with Crippen LogP contribution in [0.3, 0.4) is 0 Å². The zero-order valence-electron chi connectivity index (χ0n) is 10.2. The molecule has 0 amide bonds. The number of esters is 1. The highest BCUT2D eigenvalue weighted by atomic mass is 35.5. The van der Waals surface area contributed by atoms with Gasteiger partial charge in [0.05, 0.1) is 26.3 Å². The van der Waals surface area contributed by atoms with Gasteiger partial charge in [-0.2, -0.15) is 0 Å². The monoisotopic (exact) mass is 329 g/mol. The number of anilines is 1. The lowest BCUT2D eigenvalue weighted by Gasteiger charge is -2.09. The van der Waals surface area contributed by atoms with Gasteiger partial charge >= 0.3 is 5.97 Å². The van der Waals surface area contributed by atoms with E-state index in [1.807, 2.05) is 0 Å². The van der Waals surface area contributed by atoms with Gasteiger partial charge in [-0.15, -0.1) is 0 Å². The van der Waals surface area contributed by atoms with Crippen LogP contribution in [0.2, 0.25) is 15.1 Å². The van der Waals surface area contributed by atoms with Crippen molar-refractivity contribution in [3.05, 3.63) is 62.6 Å². The van der Waals surface area contributed by atoms with Crippen molar-refractivity contribution in [3.8, 4) is 0 Å². The number of ether oxygens (including phenoxy) is 1. The van der Waals surface area contributed by atoms with Gasteiger partial charge < -0.3 is 10.5 Å². The predicted octanol–water partition coefficient (Wildman–Crippen LogP) is 4.59. The Hall–Kier alpha value is -1.42. The average molecular weight is 331 g/mol. The van der Waals surface area contributed by atoms with Gasteiger partial charge in [0.25, 0.3) is 0 Å². The Labute approximate surface area is 131 Å². The molecule has 0 saturated heterocycles. The van der Waals surface area contributed by atoms with E-state index in [1.54, 1.807) is 36.4 Å². The molecule has 0 aliphatic rings. The molecule has 0 aliphatic carbocycles. The zero-order valence-corrected chi connectivity index (χ0v) is 12.5. The summed E-state index contributed by atoms with van der Waals surface area (Å²) in [7, 11) is 0. The number of benzene rings is 2. The topological polar surface area (TPSA) is 52.3 Å². The average Bonchev–Trinajstić information content (AvgIpc) is 2.43. The van der Waals surface area contributed by atoms with Crippen molar-refractivity contribution in [3.63, 3.8) is 0 Å². The van der Waals surface area contributed by atoms with Gasteiger partial charge in [0, 0.05) is 5.56 Å². The lowest BCUT2D eigenvalue weighted by Crippen LogP contribution is -2.08. The van der Waals surface area contributed by atoms with Crippen LogP contribution in [0.5, 0.6) is 0 Å². The normalized spacial score (nSPS) is 10.3. The Bertz CT molecular complexity index is 659. The first kappa shape index (κ1) is 15.0. The Morgan fingerprint density at radius 3 is 2.45 bits per heavy atom. The summed E-state index contributed by atoms with van der Waals surface area (Å²) in [5.74, 6) is -0.568. The fraction of sp³-hybridized carbons (Fsp3) is 0.0714. The molecule has 2 rings (SSSR count). The minimum atomic E-state index is -0.568. The molecule has 0 bridgehead atoms. The van der Waals surface area contributed by atoms with Crippen molar-refractivity contribution in [1.82, 2.24) is 0 Å². The molecule has 0 spiro atoms. The number of hydrogen-bond donors (Lipinski definition) is 1. The number of carbonyl (C=O) groups is 1. The summed E-state index contributed by atoms with van der Waals surface area (Å²) >= 11 is 17.7. The van der Waals surface area contributed by atoms with Crippen molar-refractivity contribution in [2.75, 3.05) is 5.73 Å². The number of carbonyl (C=O) groups excluding carboxylic acids is 1. The number of nitrogens with two attached hydrogens (primary N) is 1. The Morgan fingerprint density at radius 1 is 1.05 bits per heavy atom. The van der Waals surface area contributed by atoms with Gasteiger partial charge in [-0.25, -0.2) is 4.79 Å². The molecule has 0 atom stereocenters. The lowest BCUT2D eigenvalue weighted by atomic mass is 10.2. The highest BCUT2D eigenvalue weighted by Gasteiger charge is 2.14. The second kappa shape index (κ2) is 6.35. The van der Waals surface area contributed by atoms with Crippen molar-refractivity contribution >= 4 is 46.5 Å². The van der Waals surface area contributed by atoms with E-state index in [9.17, 15) is 4.79 Å². The fourth-order valence-electron chi connectivity index (χ4n) is 1.60. The van der Waals surface area contributed by atoms with Crippen LogP contribution in [0, 0.1) is 0 Å². The van der Waals surface area contributed by atoms with E-state index in [0.717, 1.165) is 0 Å². The van der Waals surface area contributed by atoms with E-state index in [2.05, 4.69) is 0 Å². The van der Waals surface area contributed by atoms with Crippen LogP contribution in [0.15, 0.2) is 36.4 Å². The molecule has 0 fully saturated rings. The number of rotatable bonds is 3. The van der Waals surface area contributed by atoms with E-state index in [0.29, 0.717) is 20.6 Å². The van der Waals surface area contributed by atoms with Crippen molar-refractivity contribution in [1.29, 1.82) is 0 Å². The van der Waals surface area contributed by atoms with Gasteiger partial charge in [-0.1, -0.05) is 53.0 Å². The molecule has 0 saturated carbocycles. The predicted molar refractivity (Wildman–Crippen MR) is 81.4 cm³/mol. The summed E-state index contributed by atoms with van der Waals surface area (Å²) in [4.78, 5) is 12.0. The second-order valence-electron chi connectivity index (χ2n) is 3.99. The number of nitrogen functional groups attached to an aromatic ring is 1. The first-order valence-electron chi connectivity index (χ1n) is 5.64. The third-order valence-electron chi connectivity index (χ3n) is 2.66. The smallest absolute Gasteiger partial charge is 0.340 e.